The van der Waals surface area contributed by atoms with Crippen LogP contribution < -0.4 is 10.6 Å². The summed E-state index contributed by atoms with van der Waals surface area (Å²) in [5.41, 5.74) is 3.62. The van der Waals surface area contributed by atoms with E-state index in [-0.39, 0.29) is 18.9 Å². The van der Waals surface area contributed by atoms with E-state index in [4.69, 9.17) is 5.11 Å². The van der Waals surface area contributed by atoms with Gasteiger partial charge in [-0.1, -0.05) is 6.07 Å². The molecule has 0 bridgehead atoms. The Hall–Kier alpha value is -3.81. The quantitative estimate of drug-likeness (QED) is 0.579. The highest BCUT2D eigenvalue weighted by molar-refractivity contribution is 5.95. The minimum atomic E-state index is -0.961. The first-order valence-corrected chi connectivity index (χ1v) is 8.64. The second kappa shape index (κ2) is 8.72. The van der Waals surface area contributed by atoms with Gasteiger partial charge in [0.2, 0.25) is 5.95 Å². The zero-order valence-electron chi connectivity index (χ0n) is 15.2. The lowest BCUT2D eigenvalue weighted by molar-refractivity contribution is -0.136. The van der Waals surface area contributed by atoms with Gasteiger partial charge in [-0.25, -0.2) is 9.97 Å². The summed E-state index contributed by atoms with van der Waals surface area (Å²) in [4.78, 5) is 35.6. The van der Waals surface area contributed by atoms with Gasteiger partial charge >= 0.3 is 5.97 Å². The molecule has 2 heterocycles. The lowest BCUT2D eigenvalue weighted by atomic mass is 10.1. The summed E-state index contributed by atoms with van der Waals surface area (Å²) in [6, 6.07) is 10.7. The van der Waals surface area contributed by atoms with Gasteiger partial charge in [-0.2, -0.15) is 0 Å². The molecule has 8 nitrogen and oxygen atoms in total. The molecule has 0 aliphatic rings. The van der Waals surface area contributed by atoms with E-state index in [1.807, 2.05) is 19.1 Å². The molecule has 8 heteroatoms. The van der Waals surface area contributed by atoms with Crippen LogP contribution in [0.3, 0.4) is 0 Å². The van der Waals surface area contributed by atoms with Crippen LogP contribution in [0, 0.1) is 6.92 Å². The van der Waals surface area contributed by atoms with Gasteiger partial charge in [0.1, 0.15) is 0 Å². The maximum absolute atomic E-state index is 12.2. The molecule has 2 aromatic heterocycles. The fraction of sp³-hybridized carbons (Fsp3) is 0.150. The summed E-state index contributed by atoms with van der Waals surface area (Å²) in [6.07, 6.45) is 4.94. The Bertz CT molecular complexity index is 992. The summed E-state index contributed by atoms with van der Waals surface area (Å²) < 4.78 is 0. The highest BCUT2D eigenvalue weighted by atomic mass is 16.4. The number of nitrogens with one attached hydrogen (secondary N) is 2. The number of carbonyl (C=O) groups is 2. The van der Waals surface area contributed by atoms with Crippen LogP contribution in [0.5, 0.6) is 0 Å². The summed E-state index contributed by atoms with van der Waals surface area (Å²) in [7, 11) is 0. The van der Waals surface area contributed by atoms with E-state index in [9.17, 15) is 9.59 Å². The monoisotopic (exact) mass is 377 g/mol. The molecule has 1 aromatic carbocycles. The van der Waals surface area contributed by atoms with Crippen molar-refractivity contribution in [2.75, 3.05) is 11.9 Å². The number of nitrogens with zero attached hydrogens (tertiary/aromatic N) is 3. The Morgan fingerprint density at radius 3 is 2.75 bits per heavy atom. The number of pyridine rings is 1. The average Bonchev–Trinajstić information content (AvgIpc) is 2.70. The second-order valence-electron chi connectivity index (χ2n) is 6.06. The number of benzene rings is 1. The summed E-state index contributed by atoms with van der Waals surface area (Å²) in [6.45, 7) is 1.97. The van der Waals surface area contributed by atoms with Gasteiger partial charge in [-0.3, -0.25) is 14.6 Å². The summed E-state index contributed by atoms with van der Waals surface area (Å²) >= 11 is 0. The first kappa shape index (κ1) is 19.0. The Kier molecular flexibility index (Phi) is 5.91. The van der Waals surface area contributed by atoms with Crippen molar-refractivity contribution in [3.63, 3.8) is 0 Å². The Balaban J connectivity index is 1.77. The average molecular weight is 377 g/mol. The molecule has 0 radical (unpaired) electrons. The molecule has 0 unspecified atom stereocenters. The standard InChI is InChI=1S/C20H19N5O3/c1-13-4-5-14(19(28)22-10-7-18(26)27)11-17(13)25-20-23-9-6-16(24-20)15-3-2-8-21-12-15/h2-6,8-9,11-12H,7,10H2,1H3,(H,22,28)(H,26,27)(H,23,24,25). The number of carboxylic acids is 1. The minimum Gasteiger partial charge on any atom is -0.481 e. The molecular weight excluding hydrogens is 358 g/mol. The summed E-state index contributed by atoms with van der Waals surface area (Å²) in [5, 5.41) is 14.4. The maximum atomic E-state index is 12.2. The van der Waals surface area contributed by atoms with Gasteiger partial charge in [-0.15, -0.1) is 0 Å². The van der Waals surface area contributed by atoms with Crippen molar-refractivity contribution in [3.05, 3.63) is 66.1 Å². The molecule has 3 aromatic rings. The fourth-order valence-electron chi connectivity index (χ4n) is 2.50. The summed E-state index contributed by atoms with van der Waals surface area (Å²) in [5.74, 6) is -0.903. The third kappa shape index (κ3) is 4.88. The second-order valence-corrected chi connectivity index (χ2v) is 6.06. The van der Waals surface area contributed by atoms with Gasteiger partial charge in [-0.05, 0) is 42.8 Å². The number of rotatable bonds is 7. The lowest BCUT2D eigenvalue weighted by Gasteiger charge is -2.11. The first-order chi connectivity index (χ1) is 13.5. The molecule has 0 saturated carbocycles. The van der Waals surface area contributed by atoms with Crippen molar-refractivity contribution in [3.8, 4) is 11.3 Å². The smallest absolute Gasteiger partial charge is 0.305 e. The molecule has 3 rings (SSSR count). The molecule has 0 spiro atoms. The van der Waals surface area contributed by atoms with Crippen molar-refractivity contribution >= 4 is 23.5 Å². The number of carbonyl (C=O) groups excluding carboxylic acids is 1. The molecule has 3 N–H and O–H groups in total. The van der Waals surface area contributed by atoms with Crippen molar-refractivity contribution in [2.45, 2.75) is 13.3 Å². The van der Waals surface area contributed by atoms with Gasteiger partial charge in [0.15, 0.2) is 0 Å². The van der Waals surface area contributed by atoms with E-state index in [0.717, 1.165) is 16.8 Å². The number of carboxylic acid groups (broad SMARTS) is 1. The molecule has 142 valence electrons. The normalized spacial score (nSPS) is 10.3. The molecular formula is C20H19N5O3. The van der Waals surface area contributed by atoms with E-state index in [2.05, 4.69) is 25.6 Å². The van der Waals surface area contributed by atoms with Crippen molar-refractivity contribution in [2.24, 2.45) is 0 Å². The van der Waals surface area contributed by atoms with E-state index in [1.54, 1.807) is 42.9 Å². The Labute approximate surface area is 161 Å². The number of aromatic nitrogens is 3. The van der Waals surface area contributed by atoms with Crippen LogP contribution >= 0.6 is 0 Å². The van der Waals surface area contributed by atoms with E-state index in [0.29, 0.717) is 17.2 Å². The van der Waals surface area contributed by atoms with Crippen molar-refractivity contribution in [1.29, 1.82) is 0 Å². The van der Waals surface area contributed by atoms with Crippen LogP contribution in [0.25, 0.3) is 11.3 Å². The van der Waals surface area contributed by atoms with Crippen LogP contribution in [0.15, 0.2) is 55.0 Å². The van der Waals surface area contributed by atoms with Gasteiger partial charge in [0.05, 0.1) is 12.1 Å². The fourth-order valence-corrected chi connectivity index (χ4v) is 2.50. The van der Waals surface area contributed by atoms with E-state index in [1.165, 1.54) is 0 Å². The molecule has 0 aliphatic heterocycles. The number of hydrogen-bond donors (Lipinski definition) is 3. The Morgan fingerprint density at radius 1 is 1.14 bits per heavy atom. The van der Waals surface area contributed by atoms with Crippen LogP contribution in [0.4, 0.5) is 11.6 Å². The topological polar surface area (TPSA) is 117 Å². The van der Waals surface area contributed by atoms with Crippen LogP contribution in [0.2, 0.25) is 0 Å². The van der Waals surface area contributed by atoms with Crippen LogP contribution in [-0.2, 0) is 4.79 Å². The molecule has 1 amide bonds. The van der Waals surface area contributed by atoms with Gasteiger partial charge in [0, 0.05) is 41.9 Å². The third-order valence-corrected chi connectivity index (χ3v) is 3.98. The van der Waals surface area contributed by atoms with Crippen LogP contribution in [0.1, 0.15) is 22.3 Å². The SMILES string of the molecule is Cc1ccc(C(=O)NCCC(=O)O)cc1Nc1nccc(-c2cccnc2)n1. The first-order valence-electron chi connectivity index (χ1n) is 8.64. The third-order valence-electron chi connectivity index (χ3n) is 3.98. The highest BCUT2D eigenvalue weighted by Gasteiger charge is 2.10. The number of aliphatic carboxylic acids is 1. The molecule has 0 atom stereocenters. The Morgan fingerprint density at radius 2 is 2.00 bits per heavy atom. The number of amides is 1. The van der Waals surface area contributed by atoms with Crippen molar-refractivity contribution in [1.82, 2.24) is 20.3 Å². The number of anilines is 2. The number of hydrogen-bond acceptors (Lipinski definition) is 6. The molecule has 0 fully saturated rings. The van der Waals surface area contributed by atoms with E-state index >= 15 is 0 Å². The minimum absolute atomic E-state index is 0.0705. The molecule has 0 aliphatic carbocycles. The van der Waals surface area contributed by atoms with Crippen molar-refractivity contribution < 1.29 is 14.7 Å². The largest absolute Gasteiger partial charge is 0.481 e. The van der Waals surface area contributed by atoms with Crippen LogP contribution in [-0.4, -0.2) is 38.5 Å². The predicted octanol–water partition coefficient (Wildman–Crippen LogP) is 2.80. The predicted molar refractivity (Wildman–Crippen MR) is 104 cm³/mol. The molecule has 0 saturated heterocycles. The number of aryl methyl sites for hydroxylation is 1. The van der Waals surface area contributed by atoms with Gasteiger partial charge < -0.3 is 15.7 Å². The maximum Gasteiger partial charge on any atom is 0.305 e. The zero-order valence-corrected chi connectivity index (χ0v) is 15.2. The molecule has 28 heavy (non-hydrogen) atoms. The van der Waals surface area contributed by atoms with E-state index < -0.39 is 5.97 Å². The highest BCUT2D eigenvalue weighted by Crippen LogP contribution is 2.22. The zero-order chi connectivity index (χ0) is 19.9. The lowest BCUT2D eigenvalue weighted by Crippen LogP contribution is -2.26. The van der Waals surface area contributed by atoms with Gasteiger partial charge in [0.25, 0.3) is 5.91 Å².